The van der Waals surface area contributed by atoms with Gasteiger partial charge in [0.15, 0.2) is 5.05 Å². The minimum Gasteiger partial charge on any atom is -0.486 e. The molecule has 0 fully saturated rings. The average Bonchev–Trinajstić information content (AvgIpc) is 2.26. The second-order valence-corrected chi connectivity index (χ2v) is 3.23. The maximum Gasteiger partial charge on any atom is 0.306 e. The summed E-state index contributed by atoms with van der Waals surface area (Å²) in [5.41, 5.74) is 4.78. The molecule has 0 unspecified atom stereocenters. The van der Waals surface area contributed by atoms with Gasteiger partial charge in [-0.05, 0) is 12.2 Å². The molecule has 0 aliphatic rings. The van der Waals surface area contributed by atoms with Gasteiger partial charge in [-0.15, -0.1) is 0 Å². The lowest BCUT2D eigenvalue weighted by Crippen LogP contribution is -2.09. The highest BCUT2D eigenvalue weighted by Gasteiger charge is 2.03. The molecule has 5 N–H and O–H groups in total. The molecule has 0 aliphatic heterocycles. The molecule has 0 spiro atoms. The molecule has 0 rings (SSSR count). The summed E-state index contributed by atoms with van der Waals surface area (Å²) < 4.78 is 4.79. The first kappa shape index (κ1) is 18.1. The molecule has 8 heteroatoms. The van der Waals surface area contributed by atoms with Gasteiger partial charge in [0.1, 0.15) is 0 Å². The zero-order valence-electron chi connectivity index (χ0n) is 9.29. The van der Waals surface area contributed by atoms with E-state index < -0.39 is 11.9 Å². The molecule has 100 valence electrons. The third-order valence-electron chi connectivity index (χ3n) is 1.25. The van der Waals surface area contributed by atoms with E-state index in [1.54, 1.807) is 0 Å². The molecule has 0 amide bonds. The van der Waals surface area contributed by atoms with Crippen molar-refractivity contribution < 1.29 is 29.6 Å². The van der Waals surface area contributed by atoms with Crippen molar-refractivity contribution in [3.8, 4) is 0 Å². The third kappa shape index (κ3) is 20.7. The van der Waals surface area contributed by atoms with Gasteiger partial charge in [0.05, 0.1) is 26.1 Å². The summed E-state index contributed by atoms with van der Waals surface area (Å²) in [6.45, 7) is 0.466. The van der Waals surface area contributed by atoms with Gasteiger partial charge in [0, 0.05) is 13.0 Å². The van der Waals surface area contributed by atoms with E-state index in [2.05, 4.69) is 12.2 Å². The topological polar surface area (TPSA) is 130 Å². The first-order valence-corrected chi connectivity index (χ1v) is 5.25. The molecule has 7 nitrogen and oxygen atoms in total. The highest BCUT2D eigenvalue weighted by Crippen LogP contribution is 1.96. The lowest BCUT2D eigenvalue weighted by atomic mass is 10.3. The molecule has 0 aromatic carbocycles. The first-order valence-electron chi connectivity index (χ1n) is 4.84. The summed E-state index contributed by atoms with van der Waals surface area (Å²) in [4.78, 5) is 20.1. The van der Waals surface area contributed by atoms with Crippen LogP contribution < -0.4 is 5.73 Å². The number of hydrogen-bond donors (Lipinski definition) is 4. The van der Waals surface area contributed by atoms with Crippen molar-refractivity contribution in [1.82, 2.24) is 0 Å². The quantitative estimate of drug-likeness (QED) is 0.459. The predicted octanol–water partition coefficient (Wildman–Crippen LogP) is -0.393. The zero-order chi connectivity index (χ0) is 13.7. The van der Waals surface area contributed by atoms with Crippen LogP contribution in [-0.4, -0.2) is 52.1 Å². The van der Waals surface area contributed by atoms with Crippen LogP contribution in [0.4, 0.5) is 0 Å². The number of rotatable bonds is 7. The van der Waals surface area contributed by atoms with E-state index in [0.717, 1.165) is 0 Å². The fraction of sp³-hybridized carbons (Fsp3) is 0.667. The van der Waals surface area contributed by atoms with Crippen molar-refractivity contribution in [1.29, 1.82) is 0 Å². The minimum atomic E-state index is -0.971. The highest BCUT2D eigenvalue weighted by atomic mass is 32.1. The molecular weight excluding hydrogens is 250 g/mol. The van der Waals surface area contributed by atoms with Gasteiger partial charge in [0.2, 0.25) is 0 Å². The molecule has 0 bridgehead atoms. The number of thiocarbonyl (C=S) groups is 1. The summed E-state index contributed by atoms with van der Waals surface area (Å²) in [7, 11) is 0. The molecule has 0 aliphatic carbocycles. The second-order valence-electron chi connectivity index (χ2n) is 2.77. The van der Waals surface area contributed by atoms with Gasteiger partial charge in [-0.3, -0.25) is 9.59 Å². The van der Waals surface area contributed by atoms with Crippen LogP contribution in [0.2, 0.25) is 0 Å². The number of carbonyl (C=O) groups is 2. The number of carboxylic acid groups (broad SMARTS) is 2. The lowest BCUT2D eigenvalue weighted by molar-refractivity contribution is -0.138. The Morgan fingerprint density at radius 3 is 1.94 bits per heavy atom. The van der Waals surface area contributed by atoms with Crippen molar-refractivity contribution in [2.24, 2.45) is 5.73 Å². The Balaban J connectivity index is 0. The van der Waals surface area contributed by atoms with Gasteiger partial charge >= 0.3 is 11.9 Å². The monoisotopic (exact) mass is 267 g/mol. The maximum atomic E-state index is 10.1. The molecular formula is C9H17NO6S. The number of ether oxygens (including phenoxy) is 1. The molecule has 0 saturated heterocycles. The molecule has 0 aromatic rings. The third-order valence-corrected chi connectivity index (χ3v) is 1.57. The Bertz CT molecular complexity index is 244. The molecule has 0 aromatic heterocycles. The average molecular weight is 267 g/mol. The van der Waals surface area contributed by atoms with Gasteiger partial charge in [-0.2, -0.15) is 0 Å². The van der Waals surface area contributed by atoms with Crippen molar-refractivity contribution in [2.75, 3.05) is 19.8 Å². The van der Waals surface area contributed by atoms with E-state index in [4.69, 9.17) is 25.8 Å². The number of hydrogen-bond acceptors (Lipinski definition) is 6. The van der Waals surface area contributed by atoms with Crippen LogP contribution in [0, 0.1) is 0 Å². The van der Waals surface area contributed by atoms with Crippen LogP contribution in [0.15, 0.2) is 0 Å². The smallest absolute Gasteiger partial charge is 0.306 e. The van der Waals surface area contributed by atoms with Crippen molar-refractivity contribution in [3.63, 3.8) is 0 Å². The van der Waals surface area contributed by atoms with E-state index in [9.17, 15) is 9.59 Å². The lowest BCUT2D eigenvalue weighted by Gasteiger charge is -2.03. The van der Waals surface area contributed by atoms with Crippen molar-refractivity contribution in [3.05, 3.63) is 0 Å². The SMILES string of the molecule is NCCO.O=C(O)CCOC(=S)CCC(=O)O. The van der Waals surface area contributed by atoms with Gasteiger partial charge in [-0.1, -0.05) is 0 Å². The maximum absolute atomic E-state index is 10.1. The number of carboxylic acids is 2. The Labute approximate surface area is 104 Å². The number of aliphatic hydroxyl groups excluding tert-OH is 1. The fourth-order valence-electron chi connectivity index (χ4n) is 0.533. The number of nitrogens with two attached hydrogens (primary N) is 1. The Morgan fingerprint density at radius 2 is 1.59 bits per heavy atom. The second kappa shape index (κ2) is 12.8. The zero-order valence-corrected chi connectivity index (χ0v) is 10.1. The Hall–Kier alpha value is -1.25. The summed E-state index contributed by atoms with van der Waals surface area (Å²) >= 11 is 4.65. The summed E-state index contributed by atoms with van der Waals surface area (Å²) in [5, 5.41) is 24.4. The number of aliphatic hydroxyl groups is 1. The molecule has 0 heterocycles. The van der Waals surface area contributed by atoms with Crippen LogP contribution >= 0.6 is 12.2 Å². The largest absolute Gasteiger partial charge is 0.486 e. The van der Waals surface area contributed by atoms with Crippen LogP contribution in [0.1, 0.15) is 19.3 Å². The van der Waals surface area contributed by atoms with E-state index in [1.165, 1.54) is 0 Å². The summed E-state index contributed by atoms with van der Waals surface area (Å²) in [6, 6.07) is 0. The van der Waals surface area contributed by atoms with E-state index in [-0.39, 0.29) is 37.5 Å². The van der Waals surface area contributed by atoms with E-state index in [1.807, 2.05) is 0 Å². The van der Waals surface area contributed by atoms with Gasteiger partial charge in [0.25, 0.3) is 0 Å². The molecule has 0 atom stereocenters. The van der Waals surface area contributed by atoms with Crippen LogP contribution in [0.25, 0.3) is 0 Å². The molecule has 0 saturated carbocycles. The minimum absolute atomic E-state index is 0.00616. The summed E-state index contributed by atoms with van der Waals surface area (Å²) in [6.07, 6.45) is -0.0800. The number of aliphatic carboxylic acids is 2. The van der Waals surface area contributed by atoms with E-state index >= 15 is 0 Å². The highest BCUT2D eigenvalue weighted by molar-refractivity contribution is 7.80. The summed E-state index contributed by atoms with van der Waals surface area (Å²) in [5.74, 6) is -1.93. The van der Waals surface area contributed by atoms with Crippen molar-refractivity contribution in [2.45, 2.75) is 19.3 Å². The predicted molar refractivity (Wildman–Crippen MR) is 63.8 cm³/mol. The molecule has 0 radical (unpaired) electrons. The van der Waals surface area contributed by atoms with Gasteiger partial charge in [-0.25, -0.2) is 0 Å². The van der Waals surface area contributed by atoms with E-state index in [0.29, 0.717) is 6.54 Å². The Kier molecular flexibility index (Phi) is 13.7. The standard InChI is InChI=1S/C7H10O5S.C2H7NO/c8-5(9)1-2-7(13)12-4-3-6(10)11;3-1-2-4/h1-4H2,(H,8,9)(H,10,11);4H,1-3H2. The fourth-order valence-corrected chi connectivity index (χ4v) is 0.719. The van der Waals surface area contributed by atoms with Crippen LogP contribution in [0.3, 0.4) is 0 Å². The first-order chi connectivity index (χ1) is 7.93. The normalized spacial score (nSPS) is 8.82. The Morgan fingerprint density at radius 1 is 1.12 bits per heavy atom. The van der Waals surface area contributed by atoms with Gasteiger partial charge < -0.3 is 25.8 Å². The van der Waals surface area contributed by atoms with Crippen LogP contribution in [-0.2, 0) is 14.3 Å². The van der Waals surface area contributed by atoms with Crippen LogP contribution in [0.5, 0.6) is 0 Å². The van der Waals surface area contributed by atoms with Crippen molar-refractivity contribution >= 4 is 29.2 Å². The molecule has 17 heavy (non-hydrogen) atoms.